The van der Waals surface area contributed by atoms with Crippen LogP contribution < -0.4 is 37.0 Å². The van der Waals surface area contributed by atoms with Gasteiger partial charge in [-0.15, -0.1) is 0 Å². The number of hydrogen-bond donors (Lipinski definition) is 10. The van der Waals surface area contributed by atoms with Gasteiger partial charge >= 0.3 is 0 Å². The molecule has 3 heterocycles. The van der Waals surface area contributed by atoms with E-state index >= 15 is 0 Å². The molecule has 19 nitrogen and oxygen atoms in total. The first-order valence-electron chi connectivity index (χ1n) is 13.7. The SMILES string of the molecule is CC(/C=N/NC(=N)N)=N\NC(=N)N.OCCN(CCO)c1nc(N2CCCCC2)c2nc(N(CCO)CCO)ncc2n1. The van der Waals surface area contributed by atoms with Crippen LogP contribution in [0.5, 0.6) is 0 Å². The van der Waals surface area contributed by atoms with Crippen molar-refractivity contribution in [1.29, 1.82) is 10.8 Å². The Morgan fingerprint density at radius 1 is 0.884 bits per heavy atom. The Labute approximate surface area is 249 Å². The number of aliphatic hydroxyl groups excluding tert-OH is 4. The van der Waals surface area contributed by atoms with E-state index in [1.807, 2.05) is 0 Å². The molecular formula is C24H43N15O4. The van der Waals surface area contributed by atoms with E-state index in [9.17, 15) is 20.4 Å². The highest BCUT2D eigenvalue weighted by Gasteiger charge is 2.22. The quantitative estimate of drug-likeness (QED) is 0.0595. The Morgan fingerprint density at radius 3 is 1.98 bits per heavy atom. The standard InChI is InChI=1S/C19H31N7O4.C5H12N8/c27-10-6-25(7-11-28)18-20-14-15-16(22-18)17(24-4-2-1-3-5-24)23-19(21-15)26(8-12-29)9-13-30;1-3(11-13-5(8)9)2-10-12-4(6)7/h14,27-30H,1-13H2;2H,1H3,(H4,6,7,12)(H4,8,9,13)/b;10-2+,11-3+. The predicted octanol–water partition coefficient (Wildman–Crippen LogP) is -2.69. The summed E-state index contributed by atoms with van der Waals surface area (Å²) >= 11 is 0. The lowest BCUT2D eigenvalue weighted by Gasteiger charge is -2.30. The molecule has 0 amide bonds. The van der Waals surface area contributed by atoms with Crippen molar-refractivity contribution in [1.82, 2.24) is 30.8 Å². The zero-order valence-corrected chi connectivity index (χ0v) is 24.3. The number of nitrogens with zero attached hydrogens (tertiary/aromatic N) is 9. The molecule has 2 aromatic rings. The number of hydrogen-bond acceptors (Lipinski definition) is 15. The molecule has 19 heteroatoms. The van der Waals surface area contributed by atoms with Crippen LogP contribution in [0.3, 0.4) is 0 Å². The van der Waals surface area contributed by atoms with E-state index in [0.717, 1.165) is 25.9 Å². The molecular weight excluding hydrogens is 562 g/mol. The van der Waals surface area contributed by atoms with Crippen molar-refractivity contribution >= 4 is 52.6 Å². The third kappa shape index (κ3) is 11.7. The number of aliphatic hydroxyl groups is 4. The molecule has 43 heavy (non-hydrogen) atoms. The summed E-state index contributed by atoms with van der Waals surface area (Å²) in [4.78, 5) is 24.1. The van der Waals surface area contributed by atoms with E-state index in [4.69, 9.17) is 27.3 Å². The van der Waals surface area contributed by atoms with Crippen molar-refractivity contribution in [2.24, 2.45) is 21.7 Å². The molecule has 1 aliphatic heterocycles. The van der Waals surface area contributed by atoms with Crippen LogP contribution in [0.1, 0.15) is 26.2 Å². The van der Waals surface area contributed by atoms with Crippen LogP contribution in [-0.4, -0.2) is 130 Å². The predicted molar refractivity (Wildman–Crippen MR) is 166 cm³/mol. The molecule has 1 saturated heterocycles. The van der Waals surface area contributed by atoms with E-state index in [-0.39, 0.29) is 38.3 Å². The van der Waals surface area contributed by atoms with Crippen molar-refractivity contribution in [3.8, 4) is 0 Å². The molecule has 0 unspecified atom stereocenters. The third-order valence-electron chi connectivity index (χ3n) is 5.88. The average molecular weight is 606 g/mol. The molecule has 2 aromatic heterocycles. The summed E-state index contributed by atoms with van der Waals surface area (Å²) in [6.45, 7) is 4.30. The fourth-order valence-corrected chi connectivity index (χ4v) is 3.99. The first-order valence-corrected chi connectivity index (χ1v) is 13.7. The van der Waals surface area contributed by atoms with E-state index in [0.29, 0.717) is 60.6 Å². The number of hydrazone groups is 2. The molecule has 238 valence electrons. The Kier molecular flexibility index (Phi) is 15.2. The maximum atomic E-state index is 9.39. The Balaban J connectivity index is 0.000000420. The highest BCUT2D eigenvalue weighted by molar-refractivity contribution is 6.29. The zero-order chi connectivity index (χ0) is 31.6. The number of nitrogens with one attached hydrogen (secondary N) is 4. The zero-order valence-electron chi connectivity index (χ0n) is 24.3. The molecule has 0 spiro atoms. The maximum absolute atomic E-state index is 9.39. The summed E-state index contributed by atoms with van der Waals surface area (Å²) in [6.07, 6.45) is 6.26. The topological polar surface area (TPSA) is 291 Å². The second-order valence-electron chi connectivity index (χ2n) is 9.23. The monoisotopic (exact) mass is 605 g/mol. The molecule has 0 radical (unpaired) electrons. The van der Waals surface area contributed by atoms with E-state index in [1.165, 1.54) is 12.6 Å². The van der Waals surface area contributed by atoms with Gasteiger partial charge in [0.15, 0.2) is 5.82 Å². The van der Waals surface area contributed by atoms with Gasteiger partial charge in [-0.3, -0.25) is 10.8 Å². The van der Waals surface area contributed by atoms with E-state index in [1.54, 1.807) is 22.9 Å². The van der Waals surface area contributed by atoms with Gasteiger partial charge in [0.25, 0.3) is 0 Å². The van der Waals surface area contributed by atoms with Crippen LogP contribution >= 0.6 is 0 Å². The molecule has 0 aliphatic carbocycles. The van der Waals surface area contributed by atoms with Crippen LogP contribution in [-0.2, 0) is 0 Å². The normalized spacial score (nSPS) is 13.4. The summed E-state index contributed by atoms with van der Waals surface area (Å²) in [5.74, 6) is 1.01. The van der Waals surface area contributed by atoms with Crippen LogP contribution in [0, 0.1) is 10.8 Å². The fourth-order valence-electron chi connectivity index (χ4n) is 3.99. The molecule has 0 bridgehead atoms. The minimum Gasteiger partial charge on any atom is -0.395 e. The van der Waals surface area contributed by atoms with Crippen LogP contribution in [0.15, 0.2) is 16.4 Å². The number of fused-ring (bicyclic) bond motifs is 1. The van der Waals surface area contributed by atoms with Gasteiger partial charge in [-0.1, -0.05) is 0 Å². The van der Waals surface area contributed by atoms with Gasteiger partial charge in [0.2, 0.25) is 23.8 Å². The Hall–Kier alpha value is -4.46. The number of nitrogens with two attached hydrogens (primary N) is 2. The van der Waals surface area contributed by atoms with Gasteiger partial charge in [0.1, 0.15) is 11.0 Å². The van der Waals surface area contributed by atoms with Gasteiger partial charge in [-0.25, -0.2) is 25.8 Å². The van der Waals surface area contributed by atoms with Gasteiger partial charge in [0, 0.05) is 39.3 Å². The lowest BCUT2D eigenvalue weighted by atomic mass is 10.1. The van der Waals surface area contributed by atoms with Gasteiger partial charge in [-0.05, 0) is 26.2 Å². The second-order valence-corrected chi connectivity index (χ2v) is 9.23. The highest BCUT2D eigenvalue weighted by Crippen LogP contribution is 2.28. The number of anilines is 3. The maximum Gasteiger partial charge on any atom is 0.228 e. The molecule has 0 aromatic carbocycles. The first-order chi connectivity index (χ1) is 20.7. The van der Waals surface area contributed by atoms with E-state index in [2.05, 4.69) is 40.9 Å². The summed E-state index contributed by atoms with van der Waals surface area (Å²) in [5, 5.41) is 58.2. The molecule has 3 rings (SSSR count). The number of rotatable bonds is 14. The second kappa shape index (κ2) is 18.9. The number of aromatic nitrogens is 4. The Morgan fingerprint density at radius 2 is 1.44 bits per heavy atom. The fraction of sp³-hybridized carbons (Fsp3) is 0.583. The summed E-state index contributed by atoms with van der Waals surface area (Å²) < 4.78 is 0. The van der Waals surface area contributed by atoms with Crippen molar-refractivity contribution in [3.05, 3.63) is 6.20 Å². The van der Waals surface area contributed by atoms with Crippen molar-refractivity contribution in [2.75, 3.05) is 80.4 Å². The van der Waals surface area contributed by atoms with Crippen molar-refractivity contribution in [2.45, 2.75) is 26.2 Å². The van der Waals surface area contributed by atoms with Gasteiger partial charge in [-0.2, -0.15) is 15.2 Å². The highest BCUT2D eigenvalue weighted by atomic mass is 16.3. The smallest absolute Gasteiger partial charge is 0.228 e. The average Bonchev–Trinajstić information content (AvgIpc) is 2.99. The van der Waals surface area contributed by atoms with Crippen molar-refractivity contribution < 1.29 is 20.4 Å². The molecule has 12 N–H and O–H groups in total. The number of guanidine groups is 2. The third-order valence-corrected chi connectivity index (χ3v) is 5.88. The van der Waals surface area contributed by atoms with Crippen molar-refractivity contribution in [3.63, 3.8) is 0 Å². The van der Waals surface area contributed by atoms with Gasteiger partial charge in [0.05, 0.1) is 44.6 Å². The summed E-state index contributed by atoms with van der Waals surface area (Å²) in [7, 11) is 0. The minimum absolute atomic E-state index is 0.0762. The van der Waals surface area contributed by atoms with Crippen LogP contribution in [0.25, 0.3) is 11.0 Å². The summed E-state index contributed by atoms with van der Waals surface area (Å²) in [6, 6.07) is 0. The largest absolute Gasteiger partial charge is 0.395 e. The molecule has 0 atom stereocenters. The van der Waals surface area contributed by atoms with E-state index < -0.39 is 0 Å². The molecule has 1 fully saturated rings. The first kappa shape index (κ1) is 34.7. The van der Waals surface area contributed by atoms with Gasteiger partial charge < -0.3 is 46.6 Å². The minimum atomic E-state index is -0.261. The molecule has 1 aliphatic rings. The summed E-state index contributed by atoms with van der Waals surface area (Å²) in [5.41, 5.74) is 16.0. The Bertz CT molecular complexity index is 1210. The molecule has 0 saturated carbocycles. The lowest BCUT2D eigenvalue weighted by molar-refractivity contribution is 0.279. The van der Waals surface area contributed by atoms with Crippen LogP contribution in [0.4, 0.5) is 17.7 Å². The lowest BCUT2D eigenvalue weighted by Crippen LogP contribution is -2.34. The van der Waals surface area contributed by atoms with Crippen LogP contribution in [0.2, 0.25) is 0 Å². The number of piperidine rings is 1.